The maximum atomic E-state index is 12.3. The lowest BCUT2D eigenvalue weighted by Crippen LogP contribution is -2.37. The lowest BCUT2D eigenvalue weighted by atomic mass is 10.2. The van der Waals surface area contributed by atoms with Crippen molar-refractivity contribution in [2.24, 2.45) is 0 Å². The Morgan fingerprint density at radius 1 is 1.07 bits per heavy atom. The summed E-state index contributed by atoms with van der Waals surface area (Å²) in [5, 5.41) is 8.21. The molecule has 0 atom stereocenters. The average Bonchev–Trinajstić information content (AvgIpc) is 3.16. The van der Waals surface area contributed by atoms with Crippen LogP contribution in [0.2, 0.25) is 0 Å². The maximum Gasteiger partial charge on any atom is 0.265 e. The van der Waals surface area contributed by atoms with E-state index in [-0.39, 0.29) is 5.91 Å². The number of aromatic nitrogens is 2. The Bertz CT molecular complexity index is 997. The van der Waals surface area contributed by atoms with Crippen LogP contribution in [0, 0.1) is 13.8 Å². The van der Waals surface area contributed by atoms with Crippen LogP contribution in [0.4, 0.5) is 23.1 Å². The molecule has 0 saturated carbocycles. The zero-order valence-corrected chi connectivity index (χ0v) is 17.3. The topological polar surface area (TPSA) is 79.4 Å². The number of nitrogens with one attached hydrogen (secondary N) is 2. The van der Waals surface area contributed by atoms with E-state index in [1.165, 1.54) is 11.3 Å². The number of nitrogens with zero attached hydrogens (tertiary/aromatic N) is 3. The first-order valence-electron chi connectivity index (χ1n) is 9.49. The molecule has 3 heterocycles. The molecule has 1 saturated heterocycles. The number of rotatable bonds is 5. The third kappa shape index (κ3) is 4.90. The second-order valence-corrected chi connectivity index (χ2v) is 7.85. The molecule has 1 amide bonds. The Hall–Kier alpha value is -2.97. The number of ether oxygens (including phenoxy) is 1. The lowest BCUT2D eigenvalue weighted by Gasteiger charge is -2.27. The average molecular weight is 410 g/mol. The normalized spacial score (nSPS) is 13.9. The van der Waals surface area contributed by atoms with E-state index in [4.69, 9.17) is 4.74 Å². The Balaban J connectivity index is 1.43. The van der Waals surface area contributed by atoms with E-state index in [1.54, 1.807) is 0 Å². The Morgan fingerprint density at radius 2 is 1.79 bits per heavy atom. The zero-order chi connectivity index (χ0) is 20.2. The van der Waals surface area contributed by atoms with Gasteiger partial charge in [-0.25, -0.2) is 4.98 Å². The summed E-state index contributed by atoms with van der Waals surface area (Å²) in [6, 6.07) is 11.4. The van der Waals surface area contributed by atoms with Gasteiger partial charge in [0, 0.05) is 36.2 Å². The summed E-state index contributed by atoms with van der Waals surface area (Å²) in [6.07, 6.45) is 0. The van der Waals surface area contributed by atoms with Gasteiger partial charge in [-0.3, -0.25) is 4.79 Å². The molecule has 0 unspecified atom stereocenters. The van der Waals surface area contributed by atoms with Crippen molar-refractivity contribution in [3.8, 4) is 0 Å². The van der Waals surface area contributed by atoms with E-state index in [2.05, 4.69) is 25.5 Å². The summed E-state index contributed by atoms with van der Waals surface area (Å²) in [7, 11) is 0. The molecule has 8 heteroatoms. The van der Waals surface area contributed by atoms with Crippen LogP contribution in [0.15, 0.2) is 41.8 Å². The zero-order valence-electron chi connectivity index (χ0n) is 16.4. The maximum absolute atomic E-state index is 12.3. The lowest BCUT2D eigenvalue weighted by molar-refractivity contribution is 0.103. The monoisotopic (exact) mass is 409 g/mol. The summed E-state index contributed by atoms with van der Waals surface area (Å²) in [4.78, 5) is 24.3. The minimum atomic E-state index is -0.0922. The third-order valence-electron chi connectivity index (χ3n) is 4.51. The van der Waals surface area contributed by atoms with Gasteiger partial charge >= 0.3 is 0 Å². The largest absolute Gasteiger partial charge is 0.378 e. The highest BCUT2D eigenvalue weighted by Crippen LogP contribution is 2.22. The van der Waals surface area contributed by atoms with Gasteiger partial charge in [0.25, 0.3) is 5.91 Å². The van der Waals surface area contributed by atoms with Gasteiger partial charge in [0.1, 0.15) is 5.82 Å². The molecule has 1 aliphatic rings. The highest BCUT2D eigenvalue weighted by Gasteiger charge is 2.15. The summed E-state index contributed by atoms with van der Waals surface area (Å²) >= 11 is 1.45. The first-order chi connectivity index (χ1) is 14.1. The first kappa shape index (κ1) is 19.4. The fourth-order valence-corrected chi connectivity index (χ4v) is 3.84. The van der Waals surface area contributed by atoms with Crippen molar-refractivity contribution in [2.75, 3.05) is 41.8 Å². The van der Waals surface area contributed by atoms with Gasteiger partial charge in [-0.1, -0.05) is 0 Å². The predicted molar refractivity (Wildman–Crippen MR) is 117 cm³/mol. The van der Waals surface area contributed by atoms with Crippen LogP contribution in [0.25, 0.3) is 0 Å². The molecule has 2 N–H and O–H groups in total. The second-order valence-electron chi connectivity index (χ2n) is 6.94. The fraction of sp³-hybridized carbons (Fsp3) is 0.286. The number of benzene rings is 1. The molecule has 3 aromatic rings. The van der Waals surface area contributed by atoms with Gasteiger partial charge in [0.05, 0.1) is 18.1 Å². The number of carbonyl (C=O) groups is 1. The van der Waals surface area contributed by atoms with Gasteiger partial charge in [-0.15, -0.1) is 11.3 Å². The van der Waals surface area contributed by atoms with Crippen LogP contribution >= 0.6 is 11.3 Å². The molecular formula is C21H23N5O2S. The van der Waals surface area contributed by atoms with Crippen LogP contribution in [0.3, 0.4) is 0 Å². The van der Waals surface area contributed by atoms with Crippen LogP contribution < -0.4 is 15.5 Å². The minimum Gasteiger partial charge on any atom is -0.378 e. The van der Waals surface area contributed by atoms with Crippen molar-refractivity contribution in [1.82, 2.24) is 9.97 Å². The summed E-state index contributed by atoms with van der Waals surface area (Å²) in [6.45, 7) is 6.91. The van der Waals surface area contributed by atoms with Crippen LogP contribution in [0.1, 0.15) is 20.9 Å². The molecule has 0 bridgehead atoms. The first-order valence-corrected chi connectivity index (χ1v) is 10.4. The molecule has 2 aromatic heterocycles. The minimum absolute atomic E-state index is 0.0922. The molecule has 29 heavy (non-hydrogen) atoms. The summed E-state index contributed by atoms with van der Waals surface area (Å²) in [5.41, 5.74) is 3.64. The van der Waals surface area contributed by atoms with Gasteiger partial charge in [0.15, 0.2) is 0 Å². The highest BCUT2D eigenvalue weighted by atomic mass is 32.1. The number of hydrogen-bond donors (Lipinski definition) is 2. The van der Waals surface area contributed by atoms with Crippen molar-refractivity contribution >= 4 is 40.4 Å². The molecule has 0 radical (unpaired) electrons. The number of thiophene rings is 1. The smallest absolute Gasteiger partial charge is 0.265 e. The van der Waals surface area contributed by atoms with Crippen molar-refractivity contribution in [1.29, 1.82) is 0 Å². The number of aryl methyl sites for hydroxylation is 2. The van der Waals surface area contributed by atoms with Gasteiger partial charge < -0.3 is 20.3 Å². The van der Waals surface area contributed by atoms with Crippen molar-refractivity contribution in [2.45, 2.75) is 13.8 Å². The molecule has 0 spiro atoms. The van der Waals surface area contributed by atoms with Gasteiger partial charge in [0.2, 0.25) is 5.95 Å². The third-order valence-corrected chi connectivity index (χ3v) is 5.55. The van der Waals surface area contributed by atoms with E-state index < -0.39 is 0 Å². The number of hydrogen-bond acceptors (Lipinski definition) is 7. The number of morpholine rings is 1. The van der Waals surface area contributed by atoms with Crippen LogP contribution in [0.5, 0.6) is 0 Å². The molecule has 0 aliphatic carbocycles. The fourth-order valence-electron chi connectivity index (χ4n) is 3.05. The van der Waals surface area contributed by atoms with Gasteiger partial charge in [-0.2, -0.15) is 4.98 Å². The van der Waals surface area contributed by atoms with Crippen molar-refractivity contribution in [3.63, 3.8) is 0 Å². The van der Waals surface area contributed by atoms with Crippen LogP contribution in [-0.2, 0) is 4.74 Å². The second kappa shape index (κ2) is 8.59. The number of carbonyl (C=O) groups excluding carboxylic acids is 1. The van der Waals surface area contributed by atoms with E-state index in [0.717, 1.165) is 41.5 Å². The highest BCUT2D eigenvalue weighted by molar-refractivity contribution is 7.12. The van der Waals surface area contributed by atoms with Crippen molar-refractivity contribution in [3.05, 3.63) is 57.9 Å². The summed E-state index contributed by atoms with van der Waals surface area (Å²) in [5.74, 6) is 1.36. The molecule has 1 aromatic carbocycles. The molecule has 1 fully saturated rings. The van der Waals surface area contributed by atoms with Crippen molar-refractivity contribution < 1.29 is 9.53 Å². The number of amides is 1. The molecule has 7 nitrogen and oxygen atoms in total. The number of anilines is 4. The van der Waals surface area contributed by atoms with E-state index >= 15 is 0 Å². The van der Waals surface area contributed by atoms with E-state index in [0.29, 0.717) is 24.0 Å². The molecule has 1 aliphatic heterocycles. The Kier molecular flexibility index (Phi) is 5.73. The SMILES string of the molecule is Cc1csc(C(=O)Nc2ccc(Nc3cc(C)nc(N4CCOCC4)n3)cc2)c1. The van der Waals surface area contributed by atoms with Crippen LogP contribution in [-0.4, -0.2) is 42.2 Å². The standard InChI is InChI=1S/C21H23N5O2S/c1-14-11-18(29-13-14)20(27)24-17-5-3-16(4-6-17)23-19-12-15(2)22-21(25-19)26-7-9-28-10-8-26/h3-6,11-13H,7-10H2,1-2H3,(H,24,27)(H,22,23,25). The summed E-state index contributed by atoms with van der Waals surface area (Å²) < 4.78 is 5.40. The van der Waals surface area contributed by atoms with E-state index in [1.807, 2.05) is 55.6 Å². The Morgan fingerprint density at radius 3 is 2.48 bits per heavy atom. The Labute approximate surface area is 173 Å². The quantitative estimate of drug-likeness (QED) is 0.663. The molecule has 4 rings (SSSR count). The molecule has 150 valence electrons. The molecular weight excluding hydrogens is 386 g/mol. The van der Waals surface area contributed by atoms with E-state index in [9.17, 15) is 4.79 Å². The predicted octanol–water partition coefficient (Wildman–Crippen LogP) is 3.99. The van der Waals surface area contributed by atoms with Gasteiger partial charge in [-0.05, 0) is 55.1 Å².